The normalized spacial score (nSPS) is 16.9. The molecule has 1 aliphatic carbocycles. The fourth-order valence-corrected chi connectivity index (χ4v) is 7.93. The molecule has 0 bridgehead atoms. The number of hydrogen-bond acceptors (Lipinski definition) is 13. The highest BCUT2D eigenvalue weighted by Crippen LogP contribution is 2.39. The molecule has 6 N–H and O–H groups in total. The zero-order valence-electron chi connectivity index (χ0n) is 34.8. The first-order chi connectivity index (χ1) is 31.1. The van der Waals surface area contributed by atoms with Gasteiger partial charge in [-0.15, -0.1) is 5.10 Å². The zero-order valence-corrected chi connectivity index (χ0v) is 34.8. The highest BCUT2D eigenvalue weighted by molar-refractivity contribution is 6.25. The van der Waals surface area contributed by atoms with Crippen molar-refractivity contribution in [3.05, 3.63) is 119 Å². The molecule has 5 heterocycles. The number of carbonyl (C=O) groups is 5. The number of carbonyl (C=O) groups excluding carboxylic acids is 5. The number of rotatable bonds is 16. The van der Waals surface area contributed by atoms with Gasteiger partial charge in [0.1, 0.15) is 29.4 Å². The molecule has 18 nitrogen and oxygen atoms in total. The maximum absolute atomic E-state index is 13.4. The first-order valence-corrected chi connectivity index (χ1v) is 21.2. The lowest BCUT2D eigenvalue weighted by Crippen LogP contribution is -2.55. The second-order valence-electron chi connectivity index (χ2n) is 15.9. The van der Waals surface area contributed by atoms with Crippen LogP contribution in [0.4, 0.5) is 17.1 Å². The molecule has 64 heavy (non-hydrogen) atoms. The van der Waals surface area contributed by atoms with Crippen molar-refractivity contribution in [3.63, 3.8) is 0 Å². The van der Waals surface area contributed by atoms with Gasteiger partial charge in [-0.3, -0.25) is 43.5 Å². The molecule has 3 aliphatic rings. The standard InChI is InChI=1S/C46H45N11O7/c1-64-38-21-36-32(41(51-27-8-3-2-4-9-27)33(24-50-36)42(59)52-28-13-14-28)20-31(38)26-12-15-35(48-22-26)43(60)47-18-5-6-19-56-25-29(54-55-56)23-49-34-11-7-10-30-40(34)46(63)57(45(30)62)37-16-17-39(58)53-44(37)61/h2-4,7-12,15,20-22,24-25,28,37,39,49,58H,5-6,13-14,16-19,23H2,1H3,(H,47,60)(H,50,51)(H,52,59)(H,53,61). The van der Waals surface area contributed by atoms with E-state index < -0.39 is 30.0 Å². The Balaban J connectivity index is 0.788. The van der Waals surface area contributed by atoms with Crippen molar-refractivity contribution in [2.24, 2.45) is 0 Å². The number of nitrogens with one attached hydrogen (secondary N) is 5. The fraction of sp³-hybridized carbons (Fsp3) is 0.283. The number of anilines is 3. The van der Waals surface area contributed by atoms with E-state index in [-0.39, 0.29) is 54.1 Å². The van der Waals surface area contributed by atoms with Crippen LogP contribution in [-0.2, 0) is 17.9 Å². The summed E-state index contributed by atoms with van der Waals surface area (Å²) in [7, 11) is 1.58. The van der Waals surface area contributed by atoms with Gasteiger partial charge in [-0.2, -0.15) is 0 Å². The van der Waals surface area contributed by atoms with Crippen LogP contribution in [0.15, 0.2) is 91.4 Å². The van der Waals surface area contributed by atoms with Gasteiger partial charge in [0.15, 0.2) is 0 Å². The van der Waals surface area contributed by atoms with E-state index in [0.29, 0.717) is 65.4 Å². The van der Waals surface area contributed by atoms with Crippen molar-refractivity contribution in [1.82, 2.24) is 45.8 Å². The Kier molecular flexibility index (Phi) is 11.7. The molecular formula is C46H45N11O7. The lowest BCUT2D eigenvalue weighted by Gasteiger charge is -2.31. The van der Waals surface area contributed by atoms with E-state index in [0.717, 1.165) is 34.4 Å². The number of fused-ring (bicyclic) bond motifs is 2. The van der Waals surface area contributed by atoms with Crippen LogP contribution in [-0.4, -0.2) is 96.5 Å². The monoisotopic (exact) mass is 863 g/mol. The van der Waals surface area contributed by atoms with Gasteiger partial charge in [0.25, 0.3) is 23.6 Å². The van der Waals surface area contributed by atoms with Gasteiger partial charge in [0.2, 0.25) is 5.91 Å². The highest BCUT2D eigenvalue weighted by Gasteiger charge is 2.45. The van der Waals surface area contributed by atoms with E-state index in [1.54, 1.807) is 54.6 Å². The molecule has 326 valence electrons. The predicted molar refractivity (Wildman–Crippen MR) is 235 cm³/mol. The van der Waals surface area contributed by atoms with Crippen LogP contribution in [0.25, 0.3) is 22.0 Å². The van der Waals surface area contributed by atoms with Crippen molar-refractivity contribution >= 4 is 57.5 Å². The van der Waals surface area contributed by atoms with Crippen molar-refractivity contribution in [1.29, 1.82) is 0 Å². The van der Waals surface area contributed by atoms with Crippen molar-refractivity contribution < 1.29 is 33.8 Å². The molecule has 9 rings (SSSR count). The average Bonchev–Trinajstić information content (AvgIpc) is 3.94. The van der Waals surface area contributed by atoms with Crippen LogP contribution in [0.5, 0.6) is 5.75 Å². The molecule has 0 spiro atoms. The van der Waals surface area contributed by atoms with E-state index in [2.05, 4.69) is 46.9 Å². The third-order valence-corrected chi connectivity index (χ3v) is 11.4. The van der Waals surface area contributed by atoms with Crippen molar-refractivity contribution in [3.8, 4) is 16.9 Å². The number of nitrogens with zero attached hydrogens (tertiary/aromatic N) is 6. The number of para-hydroxylation sites is 1. The third kappa shape index (κ3) is 8.67. The number of imide groups is 1. The average molecular weight is 864 g/mol. The fourth-order valence-electron chi connectivity index (χ4n) is 7.93. The minimum Gasteiger partial charge on any atom is -0.496 e. The number of pyridine rings is 2. The summed E-state index contributed by atoms with van der Waals surface area (Å²) in [6, 6.07) is 20.9. The van der Waals surface area contributed by atoms with Crippen LogP contribution in [0, 0.1) is 0 Å². The van der Waals surface area contributed by atoms with E-state index in [4.69, 9.17) is 4.74 Å². The number of unbranched alkanes of at least 4 members (excludes halogenated alkanes) is 1. The highest BCUT2D eigenvalue weighted by atomic mass is 16.5. The lowest BCUT2D eigenvalue weighted by molar-refractivity contribution is -0.131. The largest absolute Gasteiger partial charge is 0.496 e. The number of piperidine rings is 1. The summed E-state index contributed by atoms with van der Waals surface area (Å²) in [4.78, 5) is 75.7. The summed E-state index contributed by atoms with van der Waals surface area (Å²) in [6.45, 7) is 1.19. The molecule has 1 saturated carbocycles. The van der Waals surface area contributed by atoms with Crippen LogP contribution in [0.1, 0.15) is 85.8 Å². The minimum atomic E-state index is -1.00. The smallest absolute Gasteiger partial charge is 0.269 e. The molecule has 3 aromatic carbocycles. The molecule has 3 aromatic heterocycles. The molecule has 2 aliphatic heterocycles. The van der Waals surface area contributed by atoms with E-state index in [1.165, 1.54) is 0 Å². The minimum absolute atomic E-state index is 0.172. The third-order valence-electron chi connectivity index (χ3n) is 11.4. The number of methoxy groups -OCH3 is 1. The van der Waals surface area contributed by atoms with E-state index in [9.17, 15) is 29.1 Å². The first-order valence-electron chi connectivity index (χ1n) is 21.2. The predicted octanol–water partition coefficient (Wildman–Crippen LogP) is 4.55. The molecule has 2 atom stereocenters. The quantitative estimate of drug-likeness (QED) is 0.0580. The van der Waals surface area contributed by atoms with Gasteiger partial charge in [0, 0.05) is 65.5 Å². The molecule has 0 radical (unpaired) electrons. The van der Waals surface area contributed by atoms with Gasteiger partial charge in [0.05, 0.1) is 47.7 Å². The van der Waals surface area contributed by atoms with Crippen LogP contribution < -0.4 is 31.3 Å². The Labute approximate surface area is 366 Å². The molecular weight excluding hydrogens is 819 g/mol. The summed E-state index contributed by atoms with van der Waals surface area (Å²) in [5.41, 5.74) is 5.63. The summed E-state index contributed by atoms with van der Waals surface area (Å²) in [5, 5.41) is 34.0. The second-order valence-corrected chi connectivity index (χ2v) is 15.9. The van der Waals surface area contributed by atoms with Crippen molar-refractivity contribution in [2.75, 3.05) is 24.3 Å². The Hall–Kier alpha value is -7.73. The van der Waals surface area contributed by atoms with Gasteiger partial charge >= 0.3 is 0 Å². The summed E-state index contributed by atoms with van der Waals surface area (Å²) in [5.74, 6) is -1.63. The van der Waals surface area contributed by atoms with Crippen LogP contribution in [0.3, 0.4) is 0 Å². The molecule has 18 heteroatoms. The molecule has 1 saturated heterocycles. The number of benzene rings is 3. The van der Waals surface area contributed by atoms with Gasteiger partial charge in [-0.25, -0.2) is 0 Å². The number of amides is 5. The van der Waals surface area contributed by atoms with Crippen molar-refractivity contribution in [2.45, 2.75) is 69.9 Å². The lowest BCUT2D eigenvalue weighted by atomic mass is 10.00. The number of hydrogen-bond donors (Lipinski definition) is 6. The Morgan fingerprint density at radius 2 is 1.73 bits per heavy atom. The second kappa shape index (κ2) is 17.9. The summed E-state index contributed by atoms with van der Waals surface area (Å²) in [6.07, 6.45) is 7.68. The number of aliphatic hydroxyl groups excluding tert-OH is 1. The van der Waals surface area contributed by atoms with Gasteiger partial charge < -0.3 is 36.4 Å². The summed E-state index contributed by atoms with van der Waals surface area (Å²) < 4.78 is 7.47. The molecule has 5 amide bonds. The number of ether oxygens (including phenoxy) is 1. The Bertz CT molecular complexity index is 2770. The number of aromatic nitrogens is 5. The number of aliphatic hydroxyl groups is 1. The first kappa shape index (κ1) is 41.6. The summed E-state index contributed by atoms with van der Waals surface area (Å²) >= 11 is 0. The molecule has 2 fully saturated rings. The van der Waals surface area contributed by atoms with E-state index >= 15 is 0 Å². The maximum atomic E-state index is 13.4. The number of aryl methyl sites for hydroxylation is 1. The van der Waals surface area contributed by atoms with E-state index in [1.807, 2.05) is 48.5 Å². The zero-order chi connectivity index (χ0) is 44.3. The van der Waals surface area contributed by atoms with Gasteiger partial charge in [-0.05, 0) is 74.9 Å². The Morgan fingerprint density at radius 3 is 2.50 bits per heavy atom. The van der Waals surface area contributed by atoms with Crippen LogP contribution >= 0.6 is 0 Å². The Morgan fingerprint density at radius 1 is 0.891 bits per heavy atom. The molecule has 2 unspecified atom stereocenters. The van der Waals surface area contributed by atoms with Crippen LogP contribution in [0.2, 0.25) is 0 Å². The SMILES string of the molecule is COc1cc2ncc(C(=O)NC3CC3)c(Nc3ccccc3)c2cc1-c1ccc(C(=O)NCCCCn2cc(CNc3cccc4c3C(=O)N(C3CCC(O)NC3=O)C4=O)nn2)nc1. The topological polar surface area (TPSA) is 235 Å². The molecule has 6 aromatic rings. The van der Waals surface area contributed by atoms with Gasteiger partial charge in [-0.1, -0.05) is 35.5 Å². The maximum Gasteiger partial charge on any atom is 0.269 e.